The standard InChI is InChI=1S/C10H9N.C8H10/c1-2-8-7-11-10-6-4-3-5-9(8)10;1-7-3-5-8(2)6-4-7/h2-7,11H,1H2;3-6H,1-2H3. The first-order valence-corrected chi connectivity index (χ1v) is 6.42. The van der Waals surface area contributed by atoms with Crippen LogP contribution >= 0.6 is 0 Å². The summed E-state index contributed by atoms with van der Waals surface area (Å²) in [5.74, 6) is 0. The maximum atomic E-state index is 3.73. The van der Waals surface area contributed by atoms with E-state index >= 15 is 0 Å². The summed E-state index contributed by atoms with van der Waals surface area (Å²) in [5, 5.41) is 1.24. The molecule has 0 atom stereocenters. The molecule has 0 aliphatic rings. The van der Waals surface area contributed by atoms with Gasteiger partial charge in [-0.05, 0) is 25.5 Å². The van der Waals surface area contributed by atoms with Crippen LogP contribution in [0.25, 0.3) is 17.0 Å². The quantitative estimate of drug-likeness (QED) is 0.616. The molecule has 1 heteroatoms. The van der Waals surface area contributed by atoms with Crippen molar-refractivity contribution in [2.75, 3.05) is 0 Å². The van der Waals surface area contributed by atoms with Crippen LogP contribution in [0.1, 0.15) is 16.7 Å². The number of rotatable bonds is 1. The lowest BCUT2D eigenvalue weighted by atomic mass is 10.2. The van der Waals surface area contributed by atoms with Crippen molar-refractivity contribution < 1.29 is 0 Å². The van der Waals surface area contributed by atoms with Crippen LogP contribution in [-0.4, -0.2) is 4.98 Å². The van der Waals surface area contributed by atoms with Gasteiger partial charge < -0.3 is 4.98 Å². The summed E-state index contributed by atoms with van der Waals surface area (Å²) in [4.78, 5) is 3.17. The average Bonchev–Trinajstić information content (AvgIpc) is 2.86. The van der Waals surface area contributed by atoms with Crippen LogP contribution in [0.15, 0.2) is 61.3 Å². The van der Waals surface area contributed by atoms with E-state index in [0.717, 1.165) is 0 Å². The third-order valence-electron chi connectivity index (χ3n) is 3.06. The molecule has 0 saturated carbocycles. The fourth-order valence-corrected chi connectivity index (χ4v) is 1.90. The van der Waals surface area contributed by atoms with Crippen molar-refractivity contribution in [1.82, 2.24) is 4.98 Å². The minimum absolute atomic E-state index is 1.17. The summed E-state index contributed by atoms with van der Waals surface area (Å²) in [6, 6.07) is 16.7. The third kappa shape index (κ3) is 3.35. The summed E-state index contributed by atoms with van der Waals surface area (Å²) in [6.45, 7) is 7.93. The Morgan fingerprint density at radius 2 is 1.47 bits per heavy atom. The van der Waals surface area contributed by atoms with Gasteiger partial charge in [0.1, 0.15) is 0 Å². The van der Waals surface area contributed by atoms with Crippen LogP contribution in [0, 0.1) is 13.8 Å². The van der Waals surface area contributed by atoms with Crippen LogP contribution < -0.4 is 0 Å². The Morgan fingerprint density at radius 1 is 0.895 bits per heavy atom. The normalized spacial score (nSPS) is 9.79. The Balaban J connectivity index is 0.000000148. The topological polar surface area (TPSA) is 15.8 Å². The summed E-state index contributed by atoms with van der Waals surface area (Å²) in [6.07, 6.45) is 3.83. The molecule has 19 heavy (non-hydrogen) atoms. The van der Waals surface area contributed by atoms with Gasteiger partial charge in [0.05, 0.1) is 0 Å². The average molecular weight is 249 g/mol. The Kier molecular flexibility index (Phi) is 4.19. The first kappa shape index (κ1) is 13.2. The molecule has 0 aliphatic heterocycles. The molecule has 1 nitrogen and oxygen atoms in total. The van der Waals surface area contributed by atoms with E-state index in [9.17, 15) is 0 Å². The van der Waals surface area contributed by atoms with Gasteiger partial charge in [0.25, 0.3) is 0 Å². The maximum absolute atomic E-state index is 3.73. The van der Waals surface area contributed by atoms with Crippen LogP contribution in [0.3, 0.4) is 0 Å². The number of aromatic amines is 1. The zero-order valence-electron chi connectivity index (χ0n) is 11.5. The van der Waals surface area contributed by atoms with Gasteiger partial charge in [0.2, 0.25) is 0 Å². The van der Waals surface area contributed by atoms with Crippen molar-refractivity contribution in [3.05, 3.63) is 78.0 Å². The number of fused-ring (bicyclic) bond motifs is 1. The fraction of sp³-hybridized carbons (Fsp3) is 0.111. The lowest BCUT2D eigenvalue weighted by molar-refractivity contribution is 1.40. The highest BCUT2D eigenvalue weighted by Crippen LogP contribution is 2.17. The predicted molar refractivity (Wildman–Crippen MR) is 84.3 cm³/mol. The minimum atomic E-state index is 1.17. The zero-order chi connectivity index (χ0) is 13.7. The largest absolute Gasteiger partial charge is 0.361 e. The molecular weight excluding hydrogens is 230 g/mol. The third-order valence-corrected chi connectivity index (χ3v) is 3.06. The summed E-state index contributed by atoms with van der Waals surface area (Å²) < 4.78 is 0. The van der Waals surface area contributed by atoms with Gasteiger partial charge in [0.15, 0.2) is 0 Å². The SMILES string of the molecule is C=Cc1c[nH]c2ccccc12.Cc1ccc(C)cc1. The zero-order valence-corrected chi connectivity index (χ0v) is 11.5. The number of hydrogen-bond acceptors (Lipinski definition) is 0. The molecule has 0 aliphatic carbocycles. The smallest absolute Gasteiger partial charge is 0.0460 e. The van der Waals surface area contributed by atoms with E-state index in [-0.39, 0.29) is 0 Å². The minimum Gasteiger partial charge on any atom is -0.361 e. The second kappa shape index (κ2) is 6.05. The van der Waals surface area contributed by atoms with E-state index in [0.29, 0.717) is 0 Å². The molecule has 0 unspecified atom stereocenters. The van der Waals surface area contributed by atoms with E-state index in [4.69, 9.17) is 0 Å². The van der Waals surface area contributed by atoms with Gasteiger partial charge >= 0.3 is 0 Å². The molecule has 0 amide bonds. The first-order chi connectivity index (χ1) is 9.20. The first-order valence-electron chi connectivity index (χ1n) is 6.42. The van der Waals surface area contributed by atoms with Crippen molar-refractivity contribution in [2.45, 2.75) is 13.8 Å². The Bertz CT molecular complexity index is 638. The van der Waals surface area contributed by atoms with Gasteiger partial charge in [-0.3, -0.25) is 0 Å². The highest BCUT2D eigenvalue weighted by Gasteiger charge is 1.96. The molecule has 1 heterocycles. The molecule has 0 saturated heterocycles. The van der Waals surface area contributed by atoms with Crippen LogP contribution in [0.4, 0.5) is 0 Å². The predicted octanol–water partition coefficient (Wildman–Crippen LogP) is 5.11. The lowest BCUT2D eigenvalue weighted by Gasteiger charge is -1.90. The number of para-hydroxylation sites is 1. The second-order valence-electron chi connectivity index (χ2n) is 4.65. The fourth-order valence-electron chi connectivity index (χ4n) is 1.90. The number of benzene rings is 2. The van der Waals surface area contributed by atoms with Crippen molar-refractivity contribution in [3.8, 4) is 0 Å². The van der Waals surface area contributed by atoms with Crippen molar-refractivity contribution in [3.63, 3.8) is 0 Å². The molecule has 3 aromatic rings. The molecular formula is C18H19N. The summed E-state index contributed by atoms with van der Waals surface area (Å²) in [5.41, 5.74) is 4.99. The molecule has 2 aromatic carbocycles. The maximum Gasteiger partial charge on any atom is 0.0460 e. The molecule has 1 N–H and O–H groups in total. The van der Waals surface area contributed by atoms with E-state index < -0.39 is 0 Å². The van der Waals surface area contributed by atoms with Gasteiger partial charge in [-0.1, -0.05) is 66.2 Å². The molecule has 0 radical (unpaired) electrons. The van der Waals surface area contributed by atoms with Gasteiger partial charge in [-0.15, -0.1) is 0 Å². The van der Waals surface area contributed by atoms with Gasteiger partial charge in [-0.2, -0.15) is 0 Å². The molecule has 3 rings (SSSR count). The Labute approximate surface area is 114 Å². The van der Waals surface area contributed by atoms with Crippen molar-refractivity contribution >= 4 is 17.0 Å². The highest BCUT2D eigenvalue weighted by atomic mass is 14.7. The van der Waals surface area contributed by atoms with Crippen molar-refractivity contribution in [2.24, 2.45) is 0 Å². The molecule has 0 fully saturated rings. The molecule has 0 bridgehead atoms. The summed E-state index contributed by atoms with van der Waals surface area (Å²) in [7, 11) is 0. The number of aryl methyl sites for hydroxylation is 2. The number of nitrogens with one attached hydrogen (secondary N) is 1. The Hall–Kier alpha value is -2.28. The number of aromatic nitrogens is 1. The molecule has 1 aromatic heterocycles. The number of hydrogen-bond donors (Lipinski definition) is 1. The van der Waals surface area contributed by atoms with Crippen molar-refractivity contribution in [1.29, 1.82) is 0 Å². The summed E-state index contributed by atoms with van der Waals surface area (Å²) >= 11 is 0. The van der Waals surface area contributed by atoms with Crippen LogP contribution in [0.5, 0.6) is 0 Å². The lowest BCUT2D eigenvalue weighted by Crippen LogP contribution is -1.70. The van der Waals surface area contributed by atoms with E-state index in [1.807, 2.05) is 24.4 Å². The monoisotopic (exact) mass is 249 g/mol. The van der Waals surface area contributed by atoms with E-state index in [1.54, 1.807) is 0 Å². The molecule has 96 valence electrons. The van der Waals surface area contributed by atoms with E-state index in [2.05, 4.69) is 61.8 Å². The number of H-pyrrole nitrogens is 1. The highest BCUT2D eigenvalue weighted by molar-refractivity contribution is 5.88. The van der Waals surface area contributed by atoms with Gasteiger partial charge in [0, 0.05) is 17.1 Å². The second-order valence-corrected chi connectivity index (χ2v) is 4.65. The Morgan fingerprint density at radius 3 is 2.05 bits per heavy atom. The van der Waals surface area contributed by atoms with Gasteiger partial charge in [-0.25, -0.2) is 0 Å². The van der Waals surface area contributed by atoms with E-state index in [1.165, 1.54) is 27.6 Å². The van der Waals surface area contributed by atoms with Crippen LogP contribution in [-0.2, 0) is 0 Å². The van der Waals surface area contributed by atoms with Crippen LogP contribution in [0.2, 0.25) is 0 Å². The molecule has 0 spiro atoms.